The lowest BCUT2D eigenvalue weighted by Gasteiger charge is -2.31. The fourth-order valence-corrected chi connectivity index (χ4v) is 4.89. The van der Waals surface area contributed by atoms with Crippen molar-refractivity contribution in [3.05, 3.63) is 35.9 Å². The molecule has 0 saturated carbocycles. The summed E-state index contributed by atoms with van der Waals surface area (Å²) in [5.41, 5.74) is 0.834. The molecule has 92 valence electrons. The molecule has 2 rings (SSSR count). The van der Waals surface area contributed by atoms with Crippen molar-refractivity contribution in [2.24, 2.45) is 0 Å². The summed E-state index contributed by atoms with van der Waals surface area (Å²) in [6, 6.07) is 10.2. The van der Waals surface area contributed by atoms with Crippen molar-refractivity contribution in [3.63, 3.8) is 0 Å². The van der Waals surface area contributed by atoms with Gasteiger partial charge >= 0.3 is 0 Å². The Morgan fingerprint density at radius 1 is 1.18 bits per heavy atom. The van der Waals surface area contributed by atoms with Crippen LogP contribution in [0.2, 0.25) is 0 Å². The largest absolute Gasteiger partial charge is 0.305 e. The van der Waals surface area contributed by atoms with Crippen LogP contribution in [0.1, 0.15) is 10.4 Å². The first-order valence-electron chi connectivity index (χ1n) is 5.67. The van der Waals surface area contributed by atoms with E-state index in [4.69, 9.17) is 0 Å². The second-order valence-corrected chi connectivity index (χ2v) is 6.92. The van der Waals surface area contributed by atoms with Crippen LogP contribution < -0.4 is 0 Å². The van der Waals surface area contributed by atoms with Crippen molar-refractivity contribution in [1.29, 1.82) is 0 Å². The average molecular weight is 267 g/mol. The highest BCUT2D eigenvalue weighted by Gasteiger charge is 2.28. The Morgan fingerprint density at radius 3 is 2.29 bits per heavy atom. The van der Waals surface area contributed by atoms with Crippen LogP contribution in [0.15, 0.2) is 30.3 Å². The van der Waals surface area contributed by atoms with Crippen molar-refractivity contribution in [3.8, 4) is 0 Å². The number of nitrogens with zero attached hydrogens (tertiary/aromatic N) is 1. The molecule has 0 aromatic heterocycles. The number of Topliss-reactive ketones (excluding diaryl/α,β-unsaturated/α-hetero) is 1. The molecule has 0 N–H and O–H groups in total. The summed E-state index contributed by atoms with van der Waals surface area (Å²) in [5.74, 6) is 2.35. The molecule has 0 spiro atoms. The molecular weight excluding hydrogens is 250 g/mol. The third kappa shape index (κ3) is 3.27. The van der Waals surface area contributed by atoms with E-state index in [2.05, 4.69) is 19.0 Å². The van der Waals surface area contributed by atoms with Crippen molar-refractivity contribution in [1.82, 2.24) is 4.90 Å². The molecule has 17 heavy (non-hydrogen) atoms. The summed E-state index contributed by atoms with van der Waals surface area (Å²) in [5, 5.41) is 0. The highest BCUT2D eigenvalue weighted by atomic mass is 32.2. The molecule has 0 aliphatic carbocycles. The zero-order chi connectivity index (χ0) is 12.3. The van der Waals surface area contributed by atoms with E-state index >= 15 is 0 Å². The summed E-state index contributed by atoms with van der Waals surface area (Å²) < 4.78 is 0.0774. The van der Waals surface area contributed by atoms with Crippen LogP contribution in [0.25, 0.3) is 0 Å². The Bertz CT molecular complexity index is 372. The Morgan fingerprint density at radius 2 is 1.76 bits per heavy atom. The Balaban J connectivity index is 1.95. The van der Waals surface area contributed by atoms with E-state index in [9.17, 15) is 4.79 Å². The zero-order valence-corrected chi connectivity index (χ0v) is 11.8. The monoisotopic (exact) mass is 267 g/mol. The fourth-order valence-electron chi connectivity index (χ4n) is 1.68. The maximum atomic E-state index is 12.2. The van der Waals surface area contributed by atoms with Gasteiger partial charge in [-0.3, -0.25) is 4.79 Å². The minimum Gasteiger partial charge on any atom is -0.305 e. The Hall–Kier alpha value is -0.450. The molecule has 0 bridgehead atoms. The second-order valence-electron chi connectivity index (χ2n) is 4.35. The molecule has 0 radical (unpaired) electrons. The predicted octanol–water partition coefficient (Wildman–Crippen LogP) is 2.61. The maximum Gasteiger partial charge on any atom is 0.185 e. The molecule has 4 heteroatoms. The third-order valence-corrected chi connectivity index (χ3v) is 5.89. The summed E-state index contributed by atoms with van der Waals surface area (Å²) in [6.07, 6.45) is 0. The number of carbonyl (C=O) groups excluding carboxylic acids is 1. The van der Waals surface area contributed by atoms with E-state index < -0.39 is 0 Å². The molecule has 1 saturated heterocycles. The molecule has 0 atom stereocenters. The highest BCUT2D eigenvalue weighted by Crippen LogP contribution is 2.34. The summed E-state index contributed by atoms with van der Waals surface area (Å²) >= 11 is 3.55. The van der Waals surface area contributed by atoms with Crippen LogP contribution in [0.4, 0.5) is 0 Å². The molecular formula is C13H17NOS2. The molecule has 0 amide bonds. The molecule has 1 heterocycles. The number of ketones is 1. The normalized spacial score (nSPS) is 24.9. The van der Waals surface area contributed by atoms with Gasteiger partial charge in [-0.2, -0.15) is 0 Å². The fraction of sp³-hybridized carbons (Fsp3) is 0.462. The lowest BCUT2D eigenvalue weighted by atomic mass is 10.1. The van der Waals surface area contributed by atoms with Gasteiger partial charge in [-0.05, 0) is 14.1 Å². The number of benzene rings is 1. The number of hydrogen-bond acceptors (Lipinski definition) is 4. The number of rotatable bonds is 3. The van der Waals surface area contributed by atoms with E-state index in [1.807, 2.05) is 30.3 Å². The third-order valence-electron chi connectivity index (χ3n) is 2.88. The average Bonchev–Trinajstić information content (AvgIpc) is 2.39. The lowest BCUT2D eigenvalue weighted by Crippen LogP contribution is -2.37. The van der Waals surface area contributed by atoms with Crippen LogP contribution >= 0.6 is 23.5 Å². The van der Waals surface area contributed by atoms with Crippen molar-refractivity contribution < 1.29 is 4.79 Å². The summed E-state index contributed by atoms with van der Waals surface area (Å²) in [4.78, 5) is 14.5. The minimum absolute atomic E-state index is 0.0774. The quantitative estimate of drug-likeness (QED) is 0.784. The number of hydrogen-bond donors (Lipinski definition) is 0. The Kier molecular flexibility index (Phi) is 4.54. The summed E-state index contributed by atoms with van der Waals surface area (Å²) in [7, 11) is 4.20. The van der Waals surface area contributed by atoms with Gasteiger partial charge in [0.15, 0.2) is 5.78 Å². The van der Waals surface area contributed by atoms with Gasteiger partial charge in [0.05, 0.1) is 0 Å². The van der Waals surface area contributed by atoms with Crippen LogP contribution in [-0.2, 0) is 0 Å². The molecule has 1 aliphatic rings. The van der Waals surface area contributed by atoms with Crippen molar-refractivity contribution >= 4 is 29.3 Å². The van der Waals surface area contributed by atoms with Gasteiger partial charge in [0.2, 0.25) is 0 Å². The van der Waals surface area contributed by atoms with Crippen LogP contribution in [0.5, 0.6) is 0 Å². The van der Waals surface area contributed by atoms with Crippen LogP contribution in [-0.4, -0.2) is 46.9 Å². The molecule has 2 nitrogen and oxygen atoms in total. The van der Waals surface area contributed by atoms with Gasteiger partial charge < -0.3 is 4.90 Å². The lowest BCUT2D eigenvalue weighted by molar-refractivity contribution is 0.101. The van der Waals surface area contributed by atoms with Gasteiger partial charge in [-0.15, -0.1) is 23.5 Å². The van der Waals surface area contributed by atoms with E-state index in [-0.39, 0.29) is 10.4 Å². The van der Waals surface area contributed by atoms with Crippen molar-refractivity contribution in [2.45, 2.75) is 10.6 Å². The SMILES string of the molecule is CN(C)C1CSC(C(=O)c2ccccc2)SC1. The van der Waals surface area contributed by atoms with E-state index in [1.54, 1.807) is 23.5 Å². The van der Waals surface area contributed by atoms with E-state index in [0.717, 1.165) is 17.1 Å². The van der Waals surface area contributed by atoms with Gasteiger partial charge in [0.25, 0.3) is 0 Å². The van der Waals surface area contributed by atoms with Gasteiger partial charge in [0, 0.05) is 23.1 Å². The van der Waals surface area contributed by atoms with Gasteiger partial charge in [0.1, 0.15) is 4.58 Å². The minimum atomic E-state index is 0.0774. The molecule has 1 aliphatic heterocycles. The smallest absolute Gasteiger partial charge is 0.185 e. The van der Waals surface area contributed by atoms with Crippen LogP contribution in [0.3, 0.4) is 0 Å². The predicted molar refractivity (Wildman–Crippen MR) is 77.0 cm³/mol. The highest BCUT2D eigenvalue weighted by molar-refractivity contribution is 8.18. The molecule has 1 aromatic rings. The van der Waals surface area contributed by atoms with Gasteiger partial charge in [-0.25, -0.2) is 0 Å². The molecule has 1 aromatic carbocycles. The molecule has 1 fully saturated rings. The maximum absolute atomic E-state index is 12.2. The van der Waals surface area contributed by atoms with Crippen molar-refractivity contribution in [2.75, 3.05) is 25.6 Å². The molecule has 0 unspecified atom stereocenters. The topological polar surface area (TPSA) is 20.3 Å². The van der Waals surface area contributed by atoms with E-state index in [1.165, 1.54) is 0 Å². The van der Waals surface area contributed by atoms with Gasteiger partial charge in [-0.1, -0.05) is 30.3 Å². The summed E-state index contributed by atoms with van der Waals surface area (Å²) in [6.45, 7) is 0. The first-order chi connectivity index (χ1) is 8.18. The second kappa shape index (κ2) is 5.94. The number of carbonyl (C=O) groups is 1. The first kappa shape index (κ1) is 13.0. The Labute approximate surface area is 111 Å². The first-order valence-corrected chi connectivity index (χ1v) is 7.77. The van der Waals surface area contributed by atoms with Crippen LogP contribution in [0, 0.1) is 0 Å². The number of thioether (sulfide) groups is 2. The zero-order valence-electron chi connectivity index (χ0n) is 10.1. The van der Waals surface area contributed by atoms with E-state index in [0.29, 0.717) is 6.04 Å². The standard InChI is InChI=1S/C13H17NOS2/c1-14(2)11-8-16-13(17-9-11)12(15)10-6-4-3-5-7-10/h3-7,11,13H,8-9H2,1-2H3.